The predicted octanol–water partition coefficient (Wildman–Crippen LogP) is 5.07. The molecule has 3 rings (SSSR count). The second-order valence-electron chi connectivity index (χ2n) is 8.14. The molecule has 0 saturated carbocycles. The molecule has 3 aromatic carbocycles. The quantitative estimate of drug-likeness (QED) is 0.130. The first kappa shape index (κ1) is 28.9. The van der Waals surface area contributed by atoms with Crippen LogP contribution in [0.1, 0.15) is 23.6 Å². The Morgan fingerprint density at radius 3 is 2.37 bits per heavy atom. The Labute approximate surface area is 239 Å². The summed E-state index contributed by atoms with van der Waals surface area (Å²) in [5.74, 6) is -1.33. The van der Waals surface area contributed by atoms with Crippen LogP contribution >= 0.6 is 34.2 Å². The fraction of sp³-hybridized carbons (Fsp3) is 0.185. The van der Waals surface area contributed by atoms with Gasteiger partial charge >= 0.3 is 11.8 Å². The van der Waals surface area contributed by atoms with Gasteiger partial charge in [-0.1, -0.05) is 23.7 Å². The molecule has 9 nitrogen and oxygen atoms in total. The van der Waals surface area contributed by atoms with E-state index in [9.17, 15) is 14.4 Å². The Morgan fingerprint density at radius 1 is 0.947 bits per heavy atom. The molecular weight excluding hydrogens is 623 g/mol. The van der Waals surface area contributed by atoms with E-state index in [1.54, 1.807) is 30.3 Å². The minimum absolute atomic E-state index is 0.214. The number of rotatable bonds is 9. The monoisotopic (exact) mass is 648 g/mol. The third kappa shape index (κ3) is 8.73. The summed E-state index contributed by atoms with van der Waals surface area (Å²) < 4.78 is 12.2. The number of nitrogens with zero attached hydrogens (tertiary/aromatic N) is 1. The lowest BCUT2D eigenvalue weighted by molar-refractivity contribution is -0.136. The number of ether oxygens (including phenoxy) is 2. The van der Waals surface area contributed by atoms with Gasteiger partial charge in [0.05, 0.1) is 16.4 Å². The molecule has 0 saturated heterocycles. The molecule has 0 bridgehead atoms. The van der Waals surface area contributed by atoms with Crippen molar-refractivity contribution >= 4 is 69.5 Å². The molecule has 198 valence electrons. The first-order chi connectivity index (χ1) is 18.1. The Kier molecular flexibility index (Phi) is 10.5. The molecule has 0 atom stereocenters. The van der Waals surface area contributed by atoms with Crippen LogP contribution in [0.5, 0.6) is 11.5 Å². The molecule has 3 N–H and O–H groups in total. The van der Waals surface area contributed by atoms with Gasteiger partial charge < -0.3 is 20.1 Å². The third-order valence-corrected chi connectivity index (χ3v) is 5.89. The largest absolute Gasteiger partial charge is 0.490 e. The smallest absolute Gasteiger partial charge is 0.329 e. The van der Waals surface area contributed by atoms with Crippen LogP contribution in [0.15, 0.2) is 59.7 Å². The summed E-state index contributed by atoms with van der Waals surface area (Å²) in [6.45, 7) is 5.89. The number of aryl methyl sites for hydroxylation is 2. The molecule has 0 fully saturated rings. The molecule has 3 aromatic rings. The first-order valence-corrected chi connectivity index (χ1v) is 13.0. The zero-order chi connectivity index (χ0) is 27.7. The summed E-state index contributed by atoms with van der Waals surface area (Å²) in [6.07, 6.45) is 1.37. The Bertz CT molecular complexity index is 1360. The van der Waals surface area contributed by atoms with E-state index in [0.717, 1.165) is 11.1 Å². The SMILES string of the molecule is CCOc1cc(/C=N\NC(=O)C(=O)Nc2cccc(Cl)c2)cc(I)c1OCC(=O)Nc1cc(C)cc(C)c1. The maximum absolute atomic E-state index is 12.5. The number of hydrazone groups is 1. The Balaban J connectivity index is 1.62. The summed E-state index contributed by atoms with van der Waals surface area (Å²) >= 11 is 7.94. The van der Waals surface area contributed by atoms with Crippen molar-refractivity contribution in [2.24, 2.45) is 5.10 Å². The van der Waals surface area contributed by atoms with Gasteiger partial charge in [0.1, 0.15) is 0 Å². The molecule has 0 unspecified atom stereocenters. The molecule has 11 heteroatoms. The zero-order valence-corrected chi connectivity index (χ0v) is 23.8. The lowest BCUT2D eigenvalue weighted by atomic mass is 10.1. The van der Waals surface area contributed by atoms with E-state index in [1.807, 2.05) is 39.0 Å². The van der Waals surface area contributed by atoms with Gasteiger partial charge in [-0.15, -0.1) is 0 Å². The molecular formula is C27H26ClIN4O5. The predicted molar refractivity (Wildman–Crippen MR) is 156 cm³/mol. The van der Waals surface area contributed by atoms with E-state index in [1.165, 1.54) is 12.3 Å². The standard InChI is InChI=1S/C27H26ClIN4O5/c1-4-37-23-12-18(14-30-33-27(36)26(35)32-20-7-5-6-19(28)13-20)11-22(29)25(23)38-15-24(34)31-21-9-16(2)8-17(3)10-21/h5-14H,4,15H2,1-3H3,(H,31,34)(H,32,35)(H,33,36)/b30-14-. The molecule has 3 amide bonds. The van der Waals surface area contributed by atoms with E-state index < -0.39 is 11.8 Å². The van der Waals surface area contributed by atoms with E-state index >= 15 is 0 Å². The zero-order valence-electron chi connectivity index (χ0n) is 20.9. The lowest BCUT2D eigenvalue weighted by Crippen LogP contribution is -2.32. The van der Waals surface area contributed by atoms with Crippen LogP contribution in [0.4, 0.5) is 11.4 Å². The molecule has 0 aromatic heterocycles. The lowest BCUT2D eigenvalue weighted by Gasteiger charge is -2.15. The van der Waals surface area contributed by atoms with E-state index in [-0.39, 0.29) is 12.5 Å². The topological polar surface area (TPSA) is 118 Å². The summed E-state index contributed by atoms with van der Waals surface area (Å²) in [5, 5.41) is 9.55. The van der Waals surface area contributed by atoms with Crippen LogP contribution in [0.25, 0.3) is 0 Å². The van der Waals surface area contributed by atoms with E-state index in [2.05, 4.69) is 43.8 Å². The van der Waals surface area contributed by atoms with Gasteiger partial charge in [-0.05, 0) is 103 Å². The highest BCUT2D eigenvalue weighted by Gasteiger charge is 2.15. The van der Waals surface area contributed by atoms with Gasteiger partial charge in [-0.25, -0.2) is 5.43 Å². The van der Waals surface area contributed by atoms with Crippen molar-refractivity contribution in [3.8, 4) is 11.5 Å². The summed E-state index contributed by atoms with van der Waals surface area (Å²) in [4.78, 5) is 36.6. The number of benzene rings is 3. The fourth-order valence-corrected chi connectivity index (χ4v) is 4.39. The Morgan fingerprint density at radius 2 is 1.68 bits per heavy atom. The number of carbonyl (C=O) groups is 3. The minimum Gasteiger partial charge on any atom is -0.490 e. The van der Waals surface area contributed by atoms with Crippen LogP contribution in [-0.4, -0.2) is 37.1 Å². The van der Waals surface area contributed by atoms with Gasteiger partial charge in [-0.3, -0.25) is 14.4 Å². The molecule has 0 spiro atoms. The molecule has 0 heterocycles. The third-order valence-electron chi connectivity index (χ3n) is 4.85. The van der Waals surface area contributed by atoms with Crippen LogP contribution in [0.2, 0.25) is 5.02 Å². The van der Waals surface area contributed by atoms with E-state index in [4.69, 9.17) is 21.1 Å². The first-order valence-electron chi connectivity index (χ1n) is 11.5. The van der Waals surface area contributed by atoms with Crippen LogP contribution in [0, 0.1) is 17.4 Å². The number of carbonyl (C=O) groups excluding carboxylic acids is 3. The average Bonchev–Trinajstić information content (AvgIpc) is 2.83. The van der Waals surface area contributed by atoms with Gasteiger partial charge in [0.2, 0.25) is 0 Å². The van der Waals surface area contributed by atoms with Crippen molar-refractivity contribution in [1.82, 2.24) is 5.43 Å². The second-order valence-corrected chi connectivity index (χ2v) is 9.74. The van der Waals surface area contributed by atoms with Crippen molar-refractivity contribution in [3.63, 3.8) is 0 Å². The van der Waals surface area contributed by atoms with Gasteiger partial charge in [-0.2, -0.15) is 5.10 Å². The number of hydrogen-bond donors (Lipinski definition) is 3. The van der Waals surface area contributed by atoms with Gasteiger partial charge in [0.25, 0.3) is 5.91 Å². The van der Waals surface area contributed by atoms with Crippen LogP contribution in [0.3, 0.4) is 0 Å². The molecule has 38 heavy (non-hydrogen) atoms. The normalized spacial score (nSPS) is 10.7. The average molecular weight is 649 g/mol. The number of halogens is 2. The summed E-state index contributed by atoms with van der Waals surface area (Å²) in [7, 11) is 0. The number of amides is 3. The Hall–Kier alpha value is -3.64. The molecule has 0 aliphatic rings. The highest BCUT2D eigenvalue weighted by atomic mass is 127. The second kappa shape index (κ2) is 13.8. The maximum atomic E-state index is 12.5. The molecule has 0 aliphatic heterocycles. The molecule has 0 aliphatic carbocycles. The number of hydrogen-bond acceptors (Lipinski definition) is 6. The van der Waals surface area contributed by atoms with Crippen molar-refractivity contribution in [1.29, 1.82) is 0 Å². The minimum atomic E-state index is -0.948. The number of nitrogens with one attached hydrogen (secondary N) is 3. The van der Waals surface area contributed by atoms with E-state index in [0.29, 0.717) is 43.6 Å². The number of anilines is 2. The summed E-state index contributed by atoms with van der Waals surface area (Å²) in [5.41, 5.74) is 5.94. The van der Waals surface area contributed by atoms with Crippen LogP contribution < -0.4 is 25.5 Å². The fourth-order valence-electron chi connectivity index (χ4n) is 3.42. The highest BCUT2D eigenvalue weighted by Crippen LogP contribution is 2.34. The van der Waals surface area contributed by atoms with Crippen molar-refractivity contribution in [2.45, 2.75) is 20.8 Å². The van der Waals surface area contributed by atoms with Crippen molar-refractivity contribution in [2.75, 3.05) is 23.8 Å². The summed E-state index contributed by atoms with van der Waals surface area (Å²) in [6, 6.07) is 15.6. The van der Waals surface area contributed by atoms with Crippen molar-refractivity contribution < 1.29 is 23.9 Å². The van der Waals surface area contributed by atoms with Crippen molar-refractivity contribution in [3.05, 3.63) is 79.9 Å². The maximum Gasteiger partial charge on any atom is 0.329 e. The van der Waals surface area contributed by atoms with Crippen LogP contribution in [-0.2, 0) is 14.4 Å². The van der Waals surface area contributed by atoms with Gasteiger partial charge in [0, 0.05) is 16.4 Å². The highest BCUT2D eigenvalue weighted by molar-refractivity contribution is 14.1. The molecule has 0 radical (unpaired) electrons. The van der Waals surface area contributed by atoms with Gasteiger partial charge in [0.15, 0.2) is 18.1 Å².